The first-order valence-electron chi connectivity index (χ1n) is 5.05. The van der Waals surface area contributed by atoms with Crippen molar-refractivity contribution in [2.24, 2.45) is 7.05 Å². The molecule has 0 atom stereocenters. The van der Waals surface area contributed by atoms with E-state index in [1.807, 2.05) is 25.2 Å². The van der Waals surface area contributed by atoms with Crippen LogP contribution >= 0.6 is 0 Å². The number of hydrogen-bond donors (Lipinski definition) is 1. The molecule has 2 heterocycles. The van der Waals surface area contributed by atoms with Crippen LogP contribution in [0.2, 0.25) is 0 Å². The Morgan fingerprint density at radius 1 is 1.47 bits per heavy atom. The van der Waals surface area contributed by atoms with Crippen molar-refractivity contribution in [3.63, 3.8) is 0 Å². The lowest BCUT2D eigenvalue weighted by molar-refractivity contribution is 0.382. The quantitative estimate of drug-likeness (QED) is 0.682. The van der Waals surface area contributed by atoms with Crippen molar-refractivity contribution in [2.75, 3.05) is 0 Å². The van der Waals surface area contributed by atoms with Gasteiger partial charge in [0.15, 0.2) is 5.82 Å². The van der Waals surface area contributed by atoms with Gasteiger partial charge in [0.05, 0.1) is 5.52 Å². The van der Waals surface area contributed by atoms with Crippen molar-refractivity contribution >= 4 is 11.0 Å². The molecule has 7 heteroatoms. The fourth-order valence-corrected chi connectivity index (χ4v) is 1.73. The van der Waals surface area contributed by atoms with Crippen LogP contribution in [0.15, 0.2) is 27.5 Å². The summed E-state index contributed by atoms with van der Waals surface area (Å²) in [5.41, 5.74) is 2.76. The van der Waals surface area contributed by atoms with Crippen molar-refractivity contribution in [2.45, 2.75) is 6.42 Å². The van der Waals surface area contributed by atoms with Gasteiger partial charge < -0.3 is 0 Å². The van der Waals surface area contributed by atoms with Crippen LogP contribution in [-0.4, -0.2) is 25.1 Å². The van der Waals surface area contributed by atoms with Gasteiger partial charge in [0.2, 0.25) is 0 Å². The molecule has 0 amide bonds. The van der Waals surface area contributed by atoms with Gasteiger partial charge >= 0.3 is 5.76 Å². The minimum atomic E-state index is -0.541. The molecule has 7 nitrogen and oxygen atoms in total. The number of aromatic amines is 1. The Labute approximate surface area is 95.0 Å². The minimum Gasteiger partial charge on any atom is -0.296 e. The van der Waals surface area contributed by atoms with E-state index in [0.29, 0.717) is 12.2 Å². The highest BCUT2D eigenvalue weighted by atomic mass is 16.5. The summed E-state index contributed by atoms with van der Waals surface area (Å²) < 4.78 is 6.14. The Morgan fingerprint density at radius 3 is 3.12 bits per heavy atom. The maximum absolute atomic E-state index is 10.8. The Morgan fingerprint density at radius 2 is 2.35 bits per heavy atom. The molecule has 0 saturated carbocycles. The van der Waals surface area contributed by atoms with Crippen LogP contribution in [0.4, 0.5) is 0 Å². The van der Waals surface area contributed by atoms with Gasteiger partial charge in [-0.25, -0.2) is 9.48 Å². The van der Waals surface area contributed by atoms with Gasteiger partial charge in [-0.3, -0.25) is 9.51 Å². The van der Waals surface area contributed by atoms with Gasteiger partial charge in [-0.2, -0.15) is 0 Å². The SMILES string of the molecule is Cn1nnc2cc(Cc3noc(=O)[nH]3)ccc21. The lowest BCUT2D eigenvalue weighted by Gasteiger charge is -1.97. The summed E-state index contributed by atoms with van der Waals surface area (Å²) in [7, 11) is 1.84. The molecular weight excluding hydrogens is 222 g/mol. The maximum Gasteiger partial charge on any atom is 0.438 e. The second-order valence-corrected chi connectivity index (χ2v) is 3.75. The van der Waals surface area contributed by atoms with Crippen molar-refractivity contribution in [1.82, 2.24) is 25.1 Å². The van der Waals surface area contributed by atoms with Crippen LogP contribution < -0.4 is 5.76 Å². The highest BCUT2D eigenvalue weighted by Gasteiger charge is 2.05. The minimum absolute atomic E-state index is 0.498. The third kappa shape index (κ3) is 1.71. The molecule has 0 unspecified atom stereocenters. The van der Waals surface area contributed by atoms with Crippen molar-refractivity contribution in [3.8, 4) is 0 Å². The summed E-state index contributed by atoms with van der Waals surface area (Å²) in [4.78, 5) is 13.3. The number of hydrogen-bond acceptors (Lipinski definition) is 5. The van der Waals surface area contributed by atoms with E-state index < -0.39 is 5.76 Å². The molecule has 0 fully saturated rings. The fraction of sp³-hybridized carbons (Fsp3) is 0.200. The third-order valence-electron chi connectivity index (χ3n) is 2.53. The van der Waals surface area contributed by atoms with E-state index in [0.717, 1.165) is 16.6 Å². The van der Waals surface area contributed by atoms with Crippen molar-refractivity contribution in [1.29, 1.82) is 0 Å². The van der Waals surface area contributed by atoms with Crippen LogP contribution in [0, 0.1) is 0 Å². The number of benzene rings is 1. The molecule has 0 saturated heterocycles. The van der Waals surface area contributed by atoms with E-state index in [-0.39, 0.29) is 0 Å². The molecule has 3 rings (SSSR count). The average Bonchev–Trinajstić information content (AvgIpc) is 2.87. The van der Waals surface area contributed by atoms with E-state index in [9.17, 15) is 4.79 Å². The molecule has 0 spiro atoms. The zero-order valence-corrected chi connectivity index (χ0v) is 9.04. The van der Waals surface area contributed by atoms with Crippen LogP contribution in [0.25, 0.3) is 11.0 Å². The van der Waals surface area contributed by atoms with E-state index in [1.54, 1.807) is 4.68 Å². The van der Waals surface area contributed by atoms with E-state index >= 15 is 0 Å². The molecule has 1 N–H and O–H groups in total. The van der Waals surface area contributed by atoms with Gasteiger partial charge in [0, 0.05) is 13.5 Å². The summed E-state index contributed by atoms with van der Waals surface area (Å²) in [6, 6.07) is 5.79. The summed E-state index contributed by atoms with van der Waals surface area (Å²) in [5.74, 6) is -0.0428. The first-order chi connectivity index (χ1) is 8.22. The van der Waals surface area contributed by atoms with Gasteiger partial charge in [-0.05, 0) is 17.7 Å². The molecule has 3 aromatic rings. The smallest absolute Gasteiger partial charge is 0.296 e. The molecule has 0 aliphatic carbocycles. The lowest BCUT2D eigenvalue weighted by Crippen LogP contribution is -1.98. The summed E-state index contributed by atoms with van der Waals surface area (Å²) in [6.45, 7) is 0. The Balaban J connectivity index is 1.98. The summed E-state index contributed by atoms with van der Waals surface area (Å²) in [5, 5.41) is 11.6. The Kier molecular flexibility index (Phi) is 2.04. The number of fused-ring (bicyclic) bond motifs is 1. The molecule has 1 aromatic carbocycles. The predicted molar refractivity (Wildman–Crippen MR) is 58.4 cm³/mol. The van der Waals surface area contributed by atoms with Gasteiger partial charge in [-0.1, -0.05) is 16.4 Å². The average molecular weight is 231 g/mol. The molecule has 0 aliphatic rings. The topological polar surface area (TPSA) is 89.6 Å². The zero-order valence-electron chi connectivity index (χ0n) is 9.04. The van der Waals surface area contributed by atoms with E-state index in [1.165, 1.54) is 0 Å². The van der Waals surface area contributed by atoms with Crippen molar-refractivity contribution < 1.29 is 4.52 Å². The maximum atomic E-state index is 10.8. The standard InChI is InChI=1S/C10H9N5O2/c1-15-8-3-2-6(4-7(8)12-14-15)5-9-11-10(16)17-13-9/h2-4H,5H2,1H3,(H,11,13,16). The summed E-state index contributed by atoms with van der Waals surface area (Å²) >= 11 is 0. The van der Waals surface area contributed by atoms with Crippen LogP contribution in [0.1, 0.15) is 11.4 Å². The monoisotopic (exact) mass is 231 g/mol. The molecule has 0 aliphatic heterocycles. The Bertz CT molecular complexity index is 723. The van der Waals surface area contributed by atoms with Crippen LogP contribution in [0.3, 0.4) is 0 Å². The number of nitrogens with one attached hydrogen (secondary N) is 1. The van der Waals surface area contributed by atoms with Crippen molar-refractivity contribution in [3.05, 3.63) is 40.1 Å². The predicted octanol–water partition coefficient (Wildman–Crippen LogP) is 0.235. The number of aryl methyl sites for hydroxylation is 1. The fourth-order valence-electron chi connectivity index (χ4n) is 1.73. The first kappa shape index (κ1) is 9.76. The van der Waals surface area contributed by atoms with Gasteiger partial charge in [-0.15, -0.1) is 5.10 Å². The van der Waals surface area contributed by atoms with Gasteiger partial charge in [0.1, 0.15) is 5.52 Å². The number of aromatic nitrogens is 5. The third-order valence-corrected chi connectivity index (χ3v) is 2.53. The molecular formula is C10H9N5O2. The lowest BCUT2D eigenvalue weighted by atomic mass is 10.1. The van der Waals surface area contributed by atoms with Crippen LogP contribution in [0.5, 0.6) is 0 Å². The summed E-state index contributed by atoms with van der Waals surface area (Å²) in [6.07, 6.45) is 0.498. The Hall–Kier alpha value is -2.44. The normalized spacial score (nSPS) is 11.1. The zero-order chi connectivity index (χ0) is 11.8. The second kappa shape index (κ2) is 3.55. The number of nitrogens with zero attached hydrogens (tertiary/aromatic N) is 4. The highest BCUT2D eigenvalue weighted by molar-refractivity contribution is 5.74. The number of rotatable bonds is 2. The molecule has 17 heavy (non-hydrogen) atoms. The van der Waals surface area contributed by atoms with Crippen LogP contribution in [-0.2, 0) is 13.5 Å². The molecule has 2 aromatic heterocycles. The molecule has 86 valence electrons. The second-order valence-electron chi connectivity index (χ2n) is 3.75. The molecule has 0 radical (unpaired) electrons. The first-order valence-corrected chi connectivity index (χ1v) is 5.05. The highest BCUT2D eigenvalue weighted by Crippen LogP contribution is 2.14. The number of H-pyrrole nitrogens is 1. The van der Waals surface area contributed by atoms with E-state index in [2.05, 4.69) is 25.0 Å². The molecule has 0 bridgehead atoms. The largest absolute Gasteiger partial charge is 0.438 e. The van der Waals surface area contributed by atoms with E-state index in [4.69, 9.17) is 0 Å². The van der Waals surface area contributed by atoms with Gasteiger partial charge in [0.25, 0.3) is 0 Å².